The highest BCUT2D eigenvalue weighted by Gasteiger charge is 2.59. The van der Waals surface area contributed by atoms with Crippen LogP contribution in [0.3, 0.4) is 0 Å². The smallest absolute Gasteiger partial charge is 0.170 e. The molecule has 0 N–H and O–H groups in total. The molecule has 4 rings (SSSR count). The van der Waals surface area contributed by atoms with Crippen LogP contribution in [0.25, 0.3) is 0 Å². The average Bonchev–Trinajstić information content (AvgIpc) is 3.08. The molecule has 2 aliphatic carbocycles. The van der Waals surface area contributed by atoms with Gasteiger partial charge in [0.15, 0.2) is 5.79 Å². The predicted molar refractivity (Wildman–Crippen MR) is 71.4 cm³/mol. The van der Waals surface area contributed by atoms with E-state index in [-0.39, 0.29) is 11.4 Å². The summed E-state index contributed by atoms with van der Waals surface area (Å²) < 4.78 is 12.6. The molecule has 3 nitrogen and oxygen atoms in total. The molecule has 1 spiro atoms. The van der Waals surface area contributed by atoms with E-state index >= 15 is 0 Å². The first kappa shape index (κ1) is 11.9. The molecule has 19 heavy (non-hydrogen) atoms. The second kappa shape index (κ2) is 4.03. The summed E-state index contributed by atoms with van der Waals surface area (Å²) in [7, 11) is 0. The zero-order valence-corrected chi connectivity index (χ0v) is 11.5. The van der Waals surface area contributed by atoms with Crippen LogP contribution in [0.15, 0.2) is 24.4 Å². The average molecular weight is 259 g/mol. The summed E-state index contributed by atoms with van der Waals surface area (Å²) in [6, 6.07) is 6.11. The summed E-state index contributed by atoms with van der Waals surface area (Å²) in [5.74, 6) is 1.41. The largest absolute Gasteiger partial charge is 0.350 e. The Balaban J connectivity index is 1.65. The fraction of sp³-hybridized carbons (Fsp3) is 0.688. The topological polar surface area (TPSA) is 31.4 Å². The first-order valence-corrected chi connectivity index (χ1v) is 7.51. The summed E-state index contributed by atoms with van der Waals surface area (Å²) in [6.45, 7) is 2.99. The minimum absolute atomic E-state index is 0.240. The summed E-state index contributed by atoms with van der Waals surface area (Å²) in [4.78, 5) is 4.55. The Morgan fingerprint density at radius 1 is 1.32 bits per heavy atom. The third-order valence-electron chi connectivity index (χ3n) is 5.17. The van der Waals surface area contributed by atoms with Gasteiger partial charge in [0.1, 0.15) is 5.60 Å². The summed E-state index contributed by atoms with van der Waals surface area (Å²) in [6.07, 6.45) is 7.31. The molecule has 3 aliphatic rings. The summed E-state index contributed by atoms with van der Waals surface area (Å²) >= 11 is 0. The van der Waals surface area contributed by atoms with E-state index in [1.54, 1.807) is 0 Å². The van der Waals surface area contributed by atoms with Crippen molar-refractivity contribution < 1.29 is 9.47 Å². The van der Waals surface area contributed by atoms with E-state index < -0.39 is 0 Å². The van der Waals surface area contributed by atoms with Gasteiger partial charge < -0.3 is 9.47 Å². The quantitative estimate of drug-likeness (QED) is 0.817. The number of pyridine rings is 1. The molecule has 3 atom stereocenters. The van der Waals surface area contributed by atoms with Gasteiger partial charge in [-0.05, 0) is 36.8 Å². The maximum atomic E-state index is 6.57. The minimum Gasteiger partial charge on any atom is -0.350 e. The molecule has 1 aromatic rings. The molecule has 0 bridgehead atoms. The van der Waals surface area contributed by atoms with Gasteiger partial charge in [0, 0.05) is 25.5 Å². The highest BCUT2D eigenvalue weighted by molar-refractivity contribution is 5.15. The van der Waals surface area contributed by atoms with Crippen LogP contribution in [0.1, 0.15) is 44.7 Å². The lowest BCUT2D eigenvalue weighted by Gasteiger charge is -2.46. The number of nitrogens with zero attached hydrogens (tertiary/aromatic N) is 1. The molecular formula is C16H21NO2. The predicted octanol–water partition coefficient (Wildman–Crippen LogP) is 3.25. The number of ether oxygens (including phenoxy) is 2. The highest BCUT2D eigenvalue weighted by atomic mass is 16.7. The van der Waals surface area contributed by atoms with Crippen LogP contribution in [0.2, 0.25) is 0 Å². The first-order valence-electron chi connectivity index (χ1n) is 7.51. The van der Waals surface area contributed by atoms with Crippen molar-refractivity contribution in [3.05, 3.63) is 30.1 Å². The van der Waals surface area contributed by atoms with Crippen LogP contribution in [0, 0.1) is 11.8 Å². The van der Waals surface area contributed by atoms with Crippen molar-refractivity contribution in [1.29, 1.82) is 0 Å². The van der Waals surface area contributed by atoms with E-state index in [1.807, 2.05) is 12.3 Å². The van der Waals surface area contributed by atoms with Crippen LogP contribution < -0.4 is 0 Å². The van der Waals surface area contributed by atoms with Crippen LogP contribution >= 0.6 is 0 Å². The van der Waals surface area contributed by atoms with Crippen molar-refractivity contribution in [3.8, 4) is 0 Å². The zero-order chi connectivity index (χ0) is 12.9. The number of hydrogen-bond donors (Lipinski definition) is 0. The normalized spacial score (nSPS) is 44.3. The molecule has 3 fully saturated rings. The molecule has 2 saturated carbocycles. The van der Waals surface area contributed by atoms with Gasteiger partial charge in [-0.3, -0.25) is 4.98 Å². The van der Waals surface area contributed by atoms with E-state index in [2.05, 4.69) is 24.0 Å². The first-order chi connectivity index (χ1) is 9.25. The number of rotatable bonds is 2. The minimum atomic E-state index is -0.306. The van der Waals surface area contributed by atoms with Crippen LogP contribution in [0.4, 0.5) is 0 Å². The van der Waals surface area contributed by atoms with E-state index in [0.717, 1.165) is 49.8 Å². The maximum absolute atomic E-state index is 6.57. The standard InChI is InChI=1S/C16H21NO2/c1-2-15(14-5-3-4-7-17-14)6-8-18-16(19-15)10-12-9-13(12)11-16/h3-5,7,12-13H,2,6,8-11H2,1H3. The van der Waals surface area contributed by atoms with Gasteiger partial charge in [0.05, 0.1) is 12.3 Å². The van der Waals surface area contributed by atoms with E-state index in [1.165, 1.54) is 6.42 Å². The van der Waals surface area contributed by atoms with Gasteiger partial charge in [0.2, 0.25) is 0 Å². The van der Waals surface area contributed by atoms with Crippen LogP contribution in [-0.2, 0) is 15.1 Å². The van der Waals surface area contributed by atoms with Gasteiger partial charge in [-0.1, -0.05) is 13.0 Å². The molecule has 0 amide bonds. The van der Waals surface area contributed by atoms with Gasteiger partial charge >= 0.3 is 0 Å². The highest BCUT2D eigenvalue weighted by Crippen LogP contribution is 2.60. The molecule has 3 unspecified atom stereocenters. The van der Waals surface area contributed by atoms with Gasteiger partial charge in [-0.25, -0.2) is 0 Å². The fourth-order valence-electron chi connectivity index (χ4n) is 3.97. The molecule has 1 aromatic heterocycles. The molecule has 1 saturated heterocycles. The van der Waals surface area contributed by atoms with Crippen molar-refractivity contribution >= 4 is 0 Å². The van der Waals surface area contributed by atoms with Crippen LogP contribution in [-0.4, -0.2) is 17.4 Å². The summed E-state index contributed by atoms with van der Waals surface area (Å²) in [5, 5.41) is 0. The molecule has 1 aliphatic heterocycles. The molecule has 2 heterocycles. The Hall–Kier alpha value is -0.930. The monoisotopic (exact) mass is 259 g/mol. The van der Waals surface area contributed by atoms with Crippen molar-refractivity contribution in [2.75, 3.05) is 6.61 Å². The van der Waals surface area contributed by atoms with Gasteiger partial charge in [-0.15, -0.1) is 0 Å². The zero-order valence-electron chi connectivity index (χ0n) is 11.5. The Morgan fingerprint density at radius 2 is 2.16 bits per heavy atom. The number of aromatic nitrogens is 1. The number of hydrogen-bond acceptors (Lipinski definition) is 3. The lowest BCUT2D eigenvalue weighted by atomic mass is 9.89. The van der Waals surface area contributed by atoms with Crippen molar-refractivity contribution in [2.45, 2.75) is 50.4 Å². The van der Waals surface area contributed by atoms with Crippen molar-refractivity contribution in [1.82, 2.24) is 4.98 Å². The van der Waals surface area contributed by atoms with Crippen molar-refractivity contribution in [2.24, 2.45) is 11.8 Å². The fourth-order valence-corrected chi connectivity index (χ4v) is 3.97. The van der Waals surface area contributed by atoms with E-state index in [4.69, 9.17) is 9.47 Å². The molecule has 102 valence electrons. The lowest BCUT2D eigenvalue weighted by molar-refractivity contribution is -0.335. The van der Waals surface area contributed by atoms with Crippen molar-refractivity contribution in [3.63, 3.8) is 0 Å². The maximum Gasteiger partial charge on any atom is 0.170 e. The van der Waals surface area contributed by atoms with Crippen LogP contribution in [0.5, 0.6) is 0 Å². The Morgan fingerprint density at radius 3 is 2.84 bits per heavy atom. The number of fused-ring (bicyclic) bond motifs is 1. The van der Waals surface area contributed by atoms with Gasteiger partial charge in [0.25, 0.3) is 0 Å². The lowest BCUT2D eigenvalue weighted by Crippen LogP contribution is -2.49. The molecular weight excluding hydrogens is 238 g/mol. The third kappa shape index (κ3) is 1.83. The molecule has 0 radical (unpaired) electrons. The molecule has 3 heteroatoms. The SMILES string of the molecule is CCC1(c2ccccn2)CCOC2(CC3CC3C2)O1. The second-order valence-electron chi connectivity index (χ2n) is 6.34. The van der Waals surface area contributed by atoms with E-state index in [9.17, 15) is 0 Å². The Kier molecular flexibility index (Phi) is 2.52. The Labute approximate surface area is 114 Å². The van der Waals surface area contributed by atoms with Gasteiger partial charge in [-0.2, -0.15) is 0 Å². The van der Waals surface area contributed by atoms with E-state index in [0.29, 0.717) is 0 Å². The molecule has 0 aromatic carbocycles. The second-order valence-corrected chi connectivity index (χ2v) is 6.34. The Bertz CT molecular complexity index is 465. The third-order valence-corrected chi connectivity index (χ3v) is 5.17. The summed E-state index contributed by atoms with van der Waals surface area (Å²) in [5.41, 5.74) is 0.830.